The lowest BCUT2D eigenvalue weighted by atomic mass is 9.80. The molecule has 0 spiro atoms. The molecule has 18 heavy (non-hydrogen) atoms. The molecule has 2 atom stereocenters. The molecule has 2 aliphatic rings. The Morgan fingerprint density at radius 3 is 2.50 bits per heavy atom. The van der Waals surface area contributed by atoms with Crippen molar-refractivity contribution >= 4 is 0 Å². The molecule has 0 aliphatic carbocycles. The molecule has 3 N–H and O–H groups in total. The standard InChI is InChI=1S/C13H27N3O2/c1-13(2,16-5-8-17-9-6-16)12(15-14)11-4-3-7-18-10-11/h11-12,15H,3-10,14H2,1-2H3. The van der Waals surface area contributed by atoms with Crippen molar-refractivity contribution in [2.45, 2.75) is 38.3 Å². The van der Waals surface area contributed by atoms with Crippen molar-refractivity contribution in [2.75, 3.05) is 39.5 Å². The molecule has 2 saturated heterocycles. The zero-order chi connectivity index (χ0) is 13.0. The largest absolute Gasteiger partial charge is 0.381 e. The predicted octanol–water partition coefficient (Wildman–Crippen LogP) is 0.356. The molecule has 2 aliphatic heterocycles. The Morgan fingerprint density at radius 2 is 1.94 bits per heavy atom. The van der Waals surface area contributed by atoms with E-state index in [9.17, 15) is 0 Å². The third-order valence-corrected chi connectivity index (χ3v) is 4.43. The van der Waals surface area contributed by atoms with E-state index < -0.39 is 0 Å². The zero-order valence-electron chi connectivity index (χ0n) is 11.7. The summed E-state index contributed by atoms with van der Waals surface area (Å²) in [7, 11) is 0. The first-order chi connectivity index (χ1) is 8.66. The number of morpholine rings is 1. The summed E-state index contributed by atoms with van der Waals surface area (Å²) in [5.41, 5.74) is 3.08. The lowest BCUT2D eigenvalue weighted by Crippen LogP contribution is -2.64. The molecule has 2 rings (SSSR count). The highest BCUT2D eigenvalue weighted by Crippen LogP contribution is 2.29. The normalized spacial score (nSPS) is 29.2. The molecule has 0 bridgehead atoms. The molecule has 2 fully saturated rings. The Morgan fingerprint density at radius 1 is 1.22 bits per heavy atom. The highest BCUT2D eigenvalue weighted by molar-refractivity contribution is 4.97. The van der Waals surface area contributed by atoms with Gasteiger partial charge in [-0.1, -0.05) is 0 Å². The second-order valence-corrected chi connectivity index (χ2v) is 5.87. The van der Waals surface area contributed by atoms with Gasteiger partial charge in [0.05, 0.1) is 19.8 Å². The monoisotopic (exact) mass is 257 g/mol. The summed E-state index contributed by atoms with van der Waals surface area (Å²) < 4.78 is 11.0. The van der Waals surface area contributed by atoms with E-state index in [0.717, 1.165) is 45.9 Å². The Labute approximate surface area is 110 Å². The first-order valence-corrected chi connectivity index (χ1v) is 7.03. The van der Waals surface area contributed by atoms with Crippen LogP contribution in [0.3, 0.4) is 0 Å². The summed E-state index contributed by atoms with van der Waals surface area (Å²) in [5, 5.41) is 0. The predicted molar refractivity (Wildman–Crippen MR) is 71.1 cm³/mol. The Kier molecular flexibility index (Phi) is 4.98. The summed E-state index contributed by atoms with van der Waals surface area (Å²) in [4.78, 5) is 2.48. The van der Waals surface area contributed by atoms with Crippen molar-refractivity contribution in [3.05, 3.63) is 0 Å². The van der Waals surface area contributed by atoms with Gasteiger partial charge in [0.1, 0.15) is 0 Å². The molecule has 0 saturated carbocycles. The second-order valence-electron chi connectivity index (χ2n) is 5.87. The van der Waals surface area contributed by atoms with Gasteiger partial charge in [0.25, 0.3) is 0 Å². The number of ether oxygens (including phenoxy) is 2. The maximum absolute atomic E-state index is 5.83. The fourth-order valence-electron chi connectivity index (χ4n) is 3.28. The van der Waals surface area contributed by atoms with Crippen molar-refractivity contribution in [3.8, 4) is 0 Å². The average molecular weight is 257 g/mol. The molecule has 2 unspecified atom stereocenters. The highest BCUT2D eigenvalue weighted by atomic mass is 16.5. The number of hydrogen-bond acceptors (Lipinski definition) is 5. The molecule has 5 nitrogen and oxygen atoms in total. The Bertz CT molecular complexity index is 249. The van der Waals surface area contributed by atoms with Crippen LogP contribution >= 0.6 is 0 Å². The van der Waals surface area contributed by atoms with Gasteiger partial charge in [-0.05, 0) is 26.7 Å². The Hall–Kier alpha value is -0.200. The molecule has 106 valence electrons. The van der Waals surface area contributed by atoms with Crippen LogP contribution in [0.2, 0.25) is 0 Å². The van der Waals surface area contributed by atoms with Gasteiger partial charge in [-0.15, -0.1) is 0 Å². The smallest absolute Gasteiger partial charge is 0.0594 e. The Balaban J connectivity index is 2.03. The fourth-order valence-corrected chi connectivity index (χ4v) is 3.28. The van der Waals surface area contributed by atoms with E-state index in [1.165, 1.54) is 6.42 Å². The van der Waals surface area contributed by atoms with Gasteiger partial charge >= 0.3 is 0 Å². The van der Waals surface area contributed by atoms with Gasteiger partial charge in [0, 0.05) is 37.2 Å². The van der Waals surface area contributed by atoms with Gasteiger partial charge in [0.2, 0.25) is 0 Å². The zero-order valence-corrected chi connectivity index (χ0v) is 11.7. The van der Waals surface area contributed by atoms with Gasteiger partial charge < -0.3 is 9.47 Å². The van der Waals surface area contributed by atoms with Crippen LogP contribution in [-0.2, 0) is 9.47 Å². The molecular formula is C13H27N3O2. The first-order valence-electron chi connectivity index (χ1n) is 7.03. The van der Waals surface area contributed by atoms with E-state index in [-0.39, 0.29) is 11.6 Å². The molecule has 0 amide bonds. The van der Waals surface area contributed by atoms with E-state index >= 15 is 0 Å². The van der Waals surface area contributed by atoms with Crippen molar-refractivity contribution in [2.24, 2.45) is 11.8 Å². The van der Waals surface area contributed by atoms with Gasteiger partial charge in [-0.2, -0.15) is 0 Å². The topological polar surface area (TPSA) is 59.8 Å². The van der Waals surface area contributed by atoms with Gasteiger partial charge in [-0.3, -0.25) is 16.2 Å². The number of nitrogens with zero attached hydrogens (tertiary/aromatic N) is 1. The third kappa shape index (κ3) is 3.03. The lowest BCUT2D eigenvalue weighted by molar-refractivity contribution is -0.0491. The molecule has 0 radical (unpaired) electrons. The van der Waals surface area contributed by atoms with E-state index in [1.807, 2.05) is 0 Å². The fraction of sp³-hybridized carbons (Fsp3) is 1.00. The number of nitrogens with two attached hydrogens (primary N) is 1. The summed E-state index contributed by atoms with van der Waals surface area (Å²) in [6.45, 7) is 9.88. The van der Waals surface area contributed by atoms with E-state index in [2.05, 4.69) is 24.2 Å². The molecule has 5 heteroatoms. The summed E-state index contributed by atoms with van der Waals surface area (Å²) in [6, 6.07) is 0.260. The molecule has 0 aromatic rings. The van der Waals surface area contributed by atoms with Gasteiger partial charge in [0.15, 0.2) is 0 Å². The molecule has 0 aromatic carbocycles. The maximum Gasteiger partial charge on any atom is 0.0594 e. The number of rotatable bonds is 4. The third-order valence-electron chi connectivity index (χ3n) is 4.43. The summed E-state index contributed by atoms with van der Waals surface area (Å²) in [6.07, 6.45) is 2.34. The van der Waals surface area contributed by atoms with E-state index in [0.29, 0.717) is 5.92 Å². The van der Waals surface area contributed by atoms with Crippen LogP contribution in [0.15, 0.2) is 0 Å². The van der Waals surface area contributed by atoms with Crippen LogP contribution in [0.25, 0.3) is 0 Å². The van der Waals surface area contributed by atoms with E-state index in [4.69, 9.17) is 15.3 Å². The van der Waals surface area contributed by atoms with Crippen molar-refractivity contribution in [1.29, 1.82) is 0 Å². The molecule has 2 heterocycles. The van der Waals surface area contributed by atoms with Crippen LogP contribution in [-0.4, -0.2) is 56.0 Å². The minimum atomic E-state index is 0.0316. The number of hydrazine groups is 1. The first kappa shape index (κ1) is 14.2. The van der Waals surface area contributed by atoms with Crippen LogP contribution in [0, 0.1) is 5.92 Å². The number of hydrogen-bond donors (Lipinski definition) is 2. The van der Waals surface area contributed by atoms with Crippen LogP contribution in [0.5, 0.6) is 0 Å². The molecular weight excluding hydrogens is 230 g/mol. The van der Waals surface area contributed by atoms with Crippen LogP contribution in [0.4, 0.5) is 0 Å². The quantitative estimate of drug-likeness (QED) is 0.562. The molecule has 0 aromatic heterocycles. The van der Waals surface area contributed by atoms with Crippen LogP contribution < -0.4 is 11.3 Å². The summed E-state index contributed by atoms with van der Waals surface area (Å²) >= 11 is 0. The summed E-state index contributed by atoms with van der Waals surface area (Å²) in [5.74, 6) is 6.33. The minimum absolute atomic E-state index is 0.0316. The number of nitrogens with one attached hydrogen (secondary N) is 1. The van der Waals surface area contributed by atoms with Crippen molar-refractivity contribution in [3.63, 3.8) is 0 Å². The van der Waals surface area contributed by atoms with E-state index in [1.54, 1.807) is 0 Å². The SMILES string of the molecule is CC(C)(C(NN)C1CCCOC1)N1CCOCC1. The van der Waals surface area contributed by atoms with Crippen molar-refractivity contribution < 1.29 is 9.47 Å². The van der Waals surface area contributed by atoms with Crippen LogP contribution in [0.1, 0.15) is 26.7 Å². The average Bonchev–Trinajstić information content (AvgIpc) is 2.41. The lowest BCUT2D eigenvalue weighted by Gasteiger charge is -2.48. The maximum atomic E-state index is 5.83. The van der Waals surface area contributed by atoms with Crippen molar-refractivity contribution in [1.82, 2.24) is 10.3 Å². The highest BCUT2D eigenvalue weighted by Gasteiger charge is 2.40. The minimum Gasteiger partial charge on any atom is -0.381 e. The van der Waals surface area contributed by atoms with Gasteiger partial charge in [-0.25, -0.2) is 0 Å². The second kappa shape index (κ2) is 6.30.